The van der Waals surface area contributed by atoms with E-state index in [2.05, 4.69) is 41.4 Å². The van der Waals surface area contributed by atoms with E-state index in [0.29, 0.717) is 6.42 Å². The number of amides is 1. The van der Waals surface area contributed by atoms with E-state index in [1.165, 1.54) is 5.69 Å². The zero-order chi connectivity index (χ0) is 19.6. The molecule has 0 saturated carbocycles. The number of aryl methyl sites for hydroxylation is 1. The van der Waals surface area contributed by atoms with Gasteiger partial charge >= 0.3 is 0 Å². The normalized spacial score (nSPS) is 17.7. The fourth-order valence-electron chi connectivity index (χ4n) is 4.04. The number of fused-ring (bicyclic) bond motifs is 1. The highest BCUT2D eigenvalue weighted by Crippen LogP contribution is 2.41. The molecule has 2 aromatic heterocycles. The summed E-state index contributed by atoms with van der Waals surface area (Å²) < 4.78 is 2.02. The third-order valence-electron chi connectivity index (χ3n) is 5.41. The zero-order valence-corrected chi connectivity index (χ0v) is 16.4. The molecule has 0 radical (unpaired) electrons. The lowest BCUT2D eigenvalue weighted by Gasteiger charge is -2.36. The number of nitrogens with one attached hydrogen (secondary N) is 1. The fraction of sp³-hybridized carbons (Fsp3) is 0.348. The Morgan fingerprint density at radius 2 is 1.93 bits per heavy atom. The minimum atomic E-state index is 0.00107. The van der Waals surface area contributed by atoms with Crippen molar-refractivity contribution in [1.82, 2.24) is 20.1 Å². The van der Waals surface area contributed by atoms with Gasteiger partial charge in [0.05, 0.1) is 23.6 Å². The molecule has 0 spiro atoms. The average Bonchev–Trinajstić information content (AvgIpc) is 3.10. The number of benzene rings is 1. The molecule has 3 aromatic rings. The third-order valence-corrected chi connectivity index (χ3v) is 5.41. The Bertz CT molecular complexity index is 947. The molecule has 1 N–H and O–H groups in total. The smallest absolute Gasteiger partial charge is 0.220 e. The number of aromatic nitrogens is 3. The van der Waals surface area contributed by atoms with Crippen LogP contribution in [0.4, 0.5) is 0 Å². The fourth-order valence-corrected chi connectivity index (χ4v) is 4.04. The van der Waals surface area contributed by atoms with Crippen LogP contribution in [0.15, 0.2) is 61.1 Å². The lowest BCUT2D eigenvalue weighted by molar-refractivity contribution is -0.122. The minimum absolute atomic E-state index is 0.00107. The van der Waals surface area contributed by atoms with E-state index in [1.807, 2.05) is 41.2 Å². The number of hydrogen-bond acceptors (Lipinski definition) is 3. The molecule has 28 heavy (non-hydrogen) atoms. The lowest BCUT2D eigenvalue weighted by atomic mass is 9.74. The van der Waals surface area contributed by atoms with Crippen molar-refractivity contribution in [1.29, 1.82) is 0 Å². The first-order valence-electron chi connectivity index (χ1n) is 9.82. The maximum atomic E-state index is 12.6. The molecule has 0 aliphatic heterocycles. The summed E-state index contributed by atoms with van der Waals surface area (Å²) >= 11 is 0. The Morgan fingerprint density at radius 3 is 2.68 bits per heavy atom. The van der Waals surface area contributed by atoms with Crippen molar-refractivity contribution in [3.63, 3.8) is 0 Å². The molecule has 1 atom stereocenters. The lowest BCUT2D eigenvalue weighted by Crippen LogP contribution is -2.36. The summed E-state index contributed by atoms with van der Waals surface area (Å²) in [6.45, 7) is 4.52. The molecule has 1 amide bonds. The van der Waals surface area contributed by atoms with Crippen LogP contribution in [0.2, 0.25) is 0 Å². The number of para-hydroxylation sites is 1. The summed E-state index contributed by atoms with van der Waals surface area (Å²) in [5.74, 6) is 0.0814. The van der Waals surface area contributed by atoms with Gasteiger partial charge in [0.1, 0.15) is 0 Å². The van der Waals surface area contributed by atoms with E-state index >= 15 is 0 Å². The van der Waals surface area contributed by atoms with E-state index in [1.54, 1.807) is 12.4 Å². The van der Waals surface area contributed by atoms with E-state index in [0.717, 1.165) is 36.1 Å². The van der Waals surface area contributed by atoms with Crippen molar-refractivity contribution < 1.29 is 4.79 Å². The van der Waals surface area contributed by atoms with Crippen LogP contribution in [0.5, 0.6) is 0 Å². The molecule has 144 valence electrons. The van der Waals surface area contributed by atoms with Crippen LogP contribution >= 0.6 is 0 Å². The molecular formula is C23H26N4O. The average molecular weight is 374 g/mol. The first-order chi connectivity index (χ1) is 13.5. The molecule has 1 aromatic carbocycles. The molecule has 1 aliphatic rings. The van der Waals surface area contributed by atoms with Gasteiger partial charge in [-0.3, -0.25) is 9.78 Å². The van der Waals surface area contributed by atoms with Gasteiger partial charge < -0.3 is 5.32 Å². The van der Waals surface area contributed by atoms with Crippen molar-refractivity contribution >= 4 is 5.91 Å². The zero-order valence-electron chi connectivity index (χ0n) is 16.4. The van der Waals surface area contributed by atoms with E-state index in [9.17, 15) is 4.79 Å². The van der Waals surface area contributed by atoms with Gasteiger partial charge in [0, 0.05) is 24.4 Å². The summed E-state index contributed by atoms with van der Waals surface area (Å²) in [7, 11) is 0. The monoisotopic (exact) mass is 374 g/mol. The first-order valence-corrected chi connectivity index (χ1v) is 9.82. The number of carbonyl (C=O) groups excluding carboxylic acids is 1. The maximum Gasteiger partial charge on any atom is 0.220 e. The van der Waals surface area contributed by atoms with Crippen molar-refractivity contribution in [2.45, 2.75) is 45.6 Å². The van der Waals surface area contributed by atoms with Crippen molar-refractivity contribution in [2.24, 2.45) is 5.41 Å². The standard InChI is InChI=1S/C23H26N4O/c1-23(2)14-20(26-22(28)9-8-17-10-12-24-13-11-17)19-16-25-27(21(19)15-23)18-6-4-3-5-7-18/h3-7,10-13,16,20H,8-9,14-15H2,1-2H3,(H,26,28)/t20-/m1/s1. The van der Waals surface area contributed by atoms with Gasteiger partial charge in [-0.25, -0.2) is 4.68 Å². The summed E-state index contributed by atoms with van der Waals surface area (Å²) in [5.41, 5.74) is 4.63. The van der Waals surface area contributed by atoms with E-state index in [-0.39, 0.29) is 17.4 Å². The highest BCUT2D eigenvalue weighted by atomic mass is 16.1. The maximum absolute atomic E-state index is 12.6. The largest absolute Gasteiger partial charge is 0.349 e. The van der Waals surface area contributed by atoms with Crippen LogP contribution < -0.4 is 5.32 Å². The summed E-state index contributed by atoms with van der Waals surface area (Å²) in [5, 5.41) is 7.90. The molecule has 0 saturated heterocycles. The van der Waals surface area contributed by atoms with Crippen molar-refractivity contribution in [3.05, 3.63) is 77.9 Å². The highest BCUT2D eigenvalue weighted by molar-refractivity contribution is 5.76. The van der Waals surface area contributed by atoms with Crippen LogP contribution in [-0.2, 0) is 17.6 Å². The van der Waals surface area contributed by atoms with Crippen LogP contribution in [0.3, 0.4) is 0 Å². The number of hydrogen-bond donors (Lipinski definition) is 1. The predicted molar refractivity (Wildman–Crippen MR) is 109 cm³/mol. The second-order valence-corrected chi connectivity index (χ2v) is 8.31. The van der Waals surface area contributed by atoms with Gasteiger partial charge in [0.2, 0.25) is 5.91 Å². The molecule has 1 aliphatic carbocycles. The Hall–Kier alpha value is -2.95. The second kappa shape index (κ2) is 7.58. The Balaban J connectivity index is 1.52. The highest BCUT2D eigenvalue weighted by Gasteiger charge is 2.35. The quantitative estimate of drug-likeness (QED) is 0.733. The van der Waals surface area contributed by atoms with Crippen LogP contribution in [0.25, 0.3) is 5.69 Å². The van der Waals surface area contributed by atoms with Gasteiger partial charge in [-0.15, -0.1) is 0 Å². The molecular weight excluding hydrogens is 348 g/mol. The van der Waals surface area contributed by atoms with E-state index < -0.39 is 0 Å². The van der Waals surface area contributed by atoms with E-state index in [4.69, 9.17) is 0 Å². The van der Waals surface area contributed by atoms with Crippen molar-refractivity contribution in [3.8, 4) is 5.69 Å². The predicted octanol–water partition coefficient (Wildman–Crippen LogP) is 4.03. The Labute approximate surface area is 165 Å². The van der Waals surface area contributed by atoms with Crippen LogP contribution in [0.1, 0.15) is 49.6 Å². The third kappa shape index (κ3) is 3.98. The van der Waals surface area contributed by atoms with Crippen LogP contribution in [0, 0.1) is 5.41 Å². The van der Waals surface area contributed by atoms with Gasteiger partial charge in [-0.05, 0) is 54.5 Å². The molecule has 0 unspecified atom stereocenters. The number of pyridine rings is 1. The molecule has 0 bridgehead atoms. The van der Waals surface area contributed by atoms with Crippen LogP contribution in [-0.4, -0.2) is 20.7 Å². The minimum Gasteiger partial charge on any atom is -0.349 e. The van der Waals surface area contributed by atoms with Gasteiger partial charge in [0.25, 0.3) is 0 Å². The molecule has 2 heterocycles. The first kappa shape index (κ1) is 18.4. The number of carbonyl (C=O) groups is 1. The van der Waals surface area contributed by atoms with Gasteiger partial charge in [0.15, 0.2) is 0 Å². The Morgan fingerprint density at radius 1 is 1.18 bits per heavy atom. The molecule has 0 fully saturated rings. The Kier molecular flexibility index (Phi) is 4.99. The van der Waals surface area contributed by atoms with Gasteiger partial charge in [-0.2, -0.15) is 5.10 Å². The number of nitrogens with zero attached hydrogens (tertiary/aromatic N) is 3. The second-order valence-electron chi connectivity index (χ2n) is 8.31. The molecule has 5 heteroatoms. The summed E-state index contributed by atoms with van der Waals surface area (Å²) in [6, 6.07) is 14.1. The topological polar surface area (TPSA) is 59.8 Å². The molecule has 4 rings (SSSR count). The van der Waals surface area contributed by atoms with Crippen molar-refractivity contribution in [2.75, 3.05) is 0 Å². The summed E-state index contributed by atoms with van der Waals surface area (Å²) in [6.07, 6.45) is 8.51. The summed E-state index contributed by atoms with van der Waals surface area (Å²) in [4.78, 5) is 16.7. The van der Waals surface area contributed by atoms with Gasteiger partial charge in [-0.1, -0.05) is 32.0 Å². The SMILES string of the molecule is CC1(C)Cc2c(cnn2-c2ccccc2)[C@H](NC(=O)CCc2ccncc2)C1. The molecule has 5 nitrogen and oxygen atoms in total. The number of rotatable bonds is 5.